The molecule has 0 fully saturated rings. The first-order valence-corrected chi connectivity index (χ1v) is 7.85. The maximum Gasteiger partial charge on any atom is 0.422 e. The molecule has 0 saturated carbocycles. The van der Waals surface area contributed by atoms with Gasteiger partial charge in [-0.25, -0.2) is 4.98 Å². The van der Waals surface area contributed by atoms with Crippen molar-refractivity contribution in [1.82, 2.24) is 10.3 Å². The van der Waals surface area contributed by atoms with E-state index in [0.29, 0.717) is 21.2 Å². The third-order valence-corrected chi connectivity index (χ3v) is 3.81. The molecule has 134 valence electrons. The Labute approximate surface area is 151 Å². The summed E-state index contributed by atoms with van der Waals surface area (Å²) in [5.41, 5.74) is 0.799. The Kier molecular flexibility index (Phi) is 6.50. The van der Waals surface area contributed by atoms with Gasteiger partial charge in [-0.15, -0.1) is 0 Å². The molecule has 0 saturated heterocycles. The summed E-state index contributed by atoms with van der Waals surface area (Å²) in [6.07, 6.45) is -3.23. The van der Waals surface area contributed by atoms with Crippen molar-refractivity contribution in [3.05, 3.63) is 57.7 Å². The number of alkyl halides is 3. The van der Waals surface area contributed by atoms with Crippen LogP contribution < -0.4 is 10.1 Å². The summed E-state index contributed by atoms with van der Waals surface area (Å²) in [5, 5.41) is 3.30. The minimum atomic E-state index is -4.47. The lowest BCUT2D eigenvalue weighted by atomic mass is 10.1. The van der Waals surface area contributed by atoms with Gasteiger partial charge < -0.3 is 10.1 Å². The maximum absolute atomic E-state index is 12.3. The van der Waals surface area contributed by atoms with Gasteiger partial charge in [-0.1, -0.05) is 35.3 Å². The number of carbonyl (C=O) groups is 1. The van der Waals surface area contributed by atoms with Crippen LogP contribution in [0.3, 0.4) is 0 Å². The first-order chi connectivity index (χ1) is 11.8. The van der Waals surface area contributed by atoms with Gasteiger partial charge in [0.2, 0.25) is 11.8 Å². The zero-order valence-corrected chi connectivity index (χ0v) is 14.3. The number of hydrogen-bond acceptors (Lipinski definition) is 3. The van der Waals surface area contributed by atoms with Gasteiger partial charge in [0.05, 0.1) is 6.42 Å². The standard InChI is InChI=1S/C16H13Cl2F3N2O2/c17-12-4-1-5-13(18)11(12)7-14(24)23-8-10-3-2-6-22-15(10)25-9-16(19,20)21/h1-6H,7-9H2,(H,23,24). The first kappa shape index (κ1) is 19.3. The molecule has 25 heavy (non-hydrogen) atoms. The number of amides is 1. The van der Waals surface area contributed by atoms with Crippen LogP contribution in [-0.2, 0) is 17.8 Å². The third-order valence-electron chi connectivity index (χ3n) is 3.10. The van der Waals surface area contributed by atoms with Crippen LogP contribution in [0, 0.1) is 0 Å². The number of carbonyl (C=O) groups excluding carboxylic acids is 1. The van der Waals surface area contributed by atoms with E-state index in [1.54, 1.807) is 18.2 Å². The van der Waals surface area contributed by atoms with Gasteiger partial charge in [0.25, 0.3) is 0 Å². The van der Waals surface area contributed by atoms with Gasteiger partial charge in [-0.3, -0.25) is 4.79 Å². The zero-order valence-electron chi connectivity index (χ0n) is 12.7. The Bertz CT molecular complexity index is 734. The highest BCUT2D eigenvalue weighted by molar-refractivity contribution is 6.36. The summed E-state index contributed by atoms with van der Waals surface area (Å²) < 4.78 is 41.4. The summed E-state index contributed by atoms with van der Waals surface area (Å²) in [6.45, 7) is -1.50. The number of halogens is 5. The van der Waals surface area contributed by atoms with E-state index < -0.39 is 12.8 Å². The molecule has 0 radical (unpaired) electrons. The molecular weight excluding hydrogens is 380 g/mol. The van der Waals surface area contributed by atoms with Crippen LogP contribution in [0.2, 0.25) is 10.0 Å². The van der Waals surface area contributed by atoms with Gasteiger partial charge in [0.1, 0.15) is 0 Å². The Morgan fingerprint density at radius 2 is 1.84 bits per heavy atom. The first-order valence-electron chi connectivity index (χ1n) is 7.09. The summed E-state index contributed by atoms with van der Waals surface area (Å²) >= 11 is 12.0. The third kappa shape index (κ3) is 6.10. The van der Waals surface area contributed by atoms with E-state index in [0.717, 1.165) is 0 Å². The Balaban J connectivity index is 1.98. The quantitative estimate of drug-likeness (QED) is 0.801. The second-order valence-corrected chi connectivity index (χ2v) is 5.84. The molecule has 1 amide bonds. The van der Waals surface area contributed by atoms with Crippen LogP contribution >= 0.6 is 23.2 Å². The number of rotatable bonds is 6. The van der Waals surface area contributed by atoms with Gasteiger partial charge in [-0.2, -0.15) is 13.2 Å². The molecule has 0 aliphatic rings. The summed E-state index contributed by atoms with van der Waals surface area (Å²) in [6, 6.07) is 7.93. The molecule has 0 aliphatic carbocycles. The van der Waals surface area contributed by atoms with Crippen molar-refractivity contribution in [3.8, 4) is 5.88 Å². The number of nitrogens with zero attached hydrogens (tertiary/aromatic N) is 1. The van der Waals surface area contributed by atoms with Crippen molar-refractivity contribution in [2.24, 2.45) is 0 Å². The fourth-order valence-electron chi connectivity index (χ4n) is 1.96. The van der Waals surface area contributed by atoms with Crippen LogP contribution in [0.4, 0.5) is 13.2 Å². The number of hydrogen-bond donors (Lipinski definition) is 1. The molecule has 0 atom stereocenters. The van der Waals surface area contributed by atoms with Gasteiger partial charge >= 0.3 is 6.18 Å². The van der Waals surface area contributed by atoms with E-state index in [1.165, 1.54) is 18.3 Å². The highest BCUT2D eigenvalue weighted by Crippen LogP contribution is 2.25. The monoisotopic (exact) mass is 392 g/mol. The maximum atomic E-state index is 12.3. The number of aromatic nitrogens is 1. The van der Waals surface area contributed by atoms with E-state index in [1.807, 2.05) is 0 Å². The van der Waals surface area contributed by atoms with E-state index in [4.69, 9.17) is 23.2 Å². The minimum absolute atomic E-state index is 0.0397. The van der Waals surface area contributed by atoms with Crippen LogP contribution in [0.5, 0.6) is 5.88 Å². The fraction of sp³-hybridized carbons (Fsp3) is 0.250. The molecule has 1 aromatic carbocycles. The molecule has 0 aliphatic heterocycles. The minimum Gasteiger partial charge on any atom is -0.468 e. The fourth-order valence-corrected chi connectivity index (χ4v) is 2.49. The molecule has 1 N–H and O–H groups in total. The topological polar surface area (TPSA) is 51.2 Å². The smallest absolute Gasteiger partial charge is 0.422 e. The SMILES string of the molecule is O=C(Cc1c(Cl)cccc1Cl)NCc1cccnc1OCC(F)(F)F. The Hall–Kier alpha value is -1.99. The summed E-state index contributed by atoms with van der Waals surface area (Å²) in [5.74, 6) is -0.573. The average Bonchev–Trinajstić information content (AvgIpc) is 2.54. The van der Waals surface area contributed by atoms with Crippen molar-refractivity contribution >= 4 is 29.1 Å². The predicted molar refractivity (Wildman–Crippen MR) is 87.8 cm³/mol. The van der Waals surface area contributed by atoms with Crippen molar-refractivity contribution in [1.29, 1.82) is 0 Å². The molecular formula is C16H13Cl2F3N2O2. The van der Waals surface area contributed by atoms with Gasteiger partial charge in [0.15, 0.2) is 6.61 Å². The lowest BCUT2D eigenvalue weighted by molar-refractivity contribution is -0.154. The lowest BCUT2D eigenvalue weighted by Crippen LogP contribution is -2.26. The zero-order chi connectivity index (χ0) is 18.4. The molecule has 4 nitrogen and oxygen atoms in total. The van der Waals surface area contributed by atoms with Crippen molar-refractivity contribution in [3.63, 3.8) is 0 Å². The Morgan fingerprint density at radius 3 is 2.48 bits per heavy atom. The van der Waals surface area contributed by atoms with E-state index in [-0.39, 0.29) is 24.8 Å². The predicted octanol–water partition coefficient (Wildman–Crippen LogP) is 4.19. The van der Waals surface area contributed by atoms with Gasteiger partial charge in [0, 0.05) is 28.4 Å². The second kappa shape index (κ2) is 8.40. The molecule has 0 bridgehead atoms. The molecule has 0 unspecified atom stereocenters. The van der Waals surface area contributed by atoms with Crippen molar-refractivity contribution in [2.45, 2.75) is 19.1 Å². The van der Waals surface area contributed by atoms with E-state index in [2.05, 4.69) is 15.0 Å². The van der Waals surface area contributed by atoms with E-state index in [9.17, 15) is 18.0 Å². The summed E-state index contributed by atoms with van der Waals surface area (Å²) in [4.78, 5) is 15.8. The Morgan fingerprint density at radius 1 is 1.16 bits per heavy atom. The number of pyridine rings is 1. The van der Waals surface area contributed by atoms with Crippen LogP contribution in [0.1, 0.15) is 11.1 Å². The molecule has 1 aromatic heterocycles. The van der Waals surface area contributed by atoms with E-state index >= 15 is 0 Å². The van der Waals surface area contributed by atoms with Crippen LogP contribution in [0.15, 0.2) is 36.5 Å². The lowest BCUT2D eigenvalue weighted by Gasteiger charge is -2.13. The molecule has 2 aromatic rings. The summed E-state index contributed by atoms with van der Waals surface area (Å²) in [7, 11) is 0. The van der Waals surface area contributed by atoms with Gasteiger partial charge in [-0.05, 0) is 23.8 Å². The average molecular weight is 393 g/mol. The number of benzene rings is 1. The largest absolute Gasteiger partial charge is 0.468 e. The molecule has 1 heterocycles. The van der Waals surface area contributed by atoms with Crippen molar-refractivity contribution in [2.75, 3.05) is 6.61 Å². The highest BCUT2D eigenvalue weighted by atomic mass is 35.5. The van der Waals surface area contributed by atoms with Crippen LogP contribution in [0.25, 0.3) is 0 Å². The molecule has 2 rings (SSSR count). The highest BCUT2D eigenvalue weighted by Gasteiger charge is 2.29. The number of ether oxygens (including phenoxy) is 1. The molecule has 0 spiro atoms. The second-order valence-electron chi connectivity index (χ2n) is 5.03. The molecule has 9 heteroatoms. The van der Waals surface area contributed by atoms with Crippen LogP contribution in [-0.4, -0.2) is 23.7 Å². The van der Waals surface area contributed by atoms with Crippen molar-refractivity contribution < 1.29 is 22.7 Å². The normalized spacial score (nSPS) is 11.2. The number of nitrogens with one attached hydrogen (secondary N) is 1.